The molecule has 1 fully saturated rings. The molecular weight excluding hydrogens is 355 g/mol. The van der Waals surface area contributed by atoms with Gasteiger partial charge < -0.3 is 15.0 Å². The van der Waals surface area contributed by atoms with Crippen LogP contribution in [-0.4, -0.2) is 37.0 Å². The van der Waals surface area contributed by atoms with Crippen molar-refractivity contribution in [3.63, 3.8) is 0 Å². The van der Waals surface area contributed by atoms with Gasteiger partial charge in [0.2, 0.25) is 5.91 Å². The van der Waals surface area contributed by atoms with Gasteiger partial charge in [0.05, 0.1) is 6.61 Å². The Labute approximate surface area is 165 Å². The summed E-state index contributed by atoms with van der Waals surface area (Å²) in [5.74, 6) is 1.27. The minimum atomic E-state index is -0.164. The highest BCUT2D eigenvalue weighted by molar-refractivity contribution is 5.94. The third-order valence-electron chi connectivity index (χ3n) is 5.79. The van der Waals surface area contributed by atoms with Gasteiger partial charge in [-0.2, -0.15) is 0 Å². The van der Waals surface area contributed by atoms with Crippen LogP contribution >= 0.6 is 0 Å². The average Bonchev–Trinajstić information content (AvgIpc) is 2.72. The van der Waals surface area contributed by atoms with Crippen LogP contribution in [0, 0.1) is 5.82 Å². The van der Waals surface area contributed by atoms with Gasteiger partial charge in [-0.15, -0.1) is 0 Å². The van der Waals surface area contributed by atoms with E-state index in [1.807, 2.05) is 30.3 Å². The molecule has 4 rings (SSSR count). The van der Waals surface area contributed by atoms with Crippen molar-refractivity contribution in [2.24, 2.45) is 0 Å². The van der Waals surface area contributed by atoms with Crippen molar-refractivity contribution >= 4 is 11.6 Å². The van der Waals surface area contributed by atoms with Gasteiger partial charge >= 0.3 is 0 Å². The number of amides is 1. The fraction of sp³-hybridized carbons (Fsp3) is 0.435. The number of hydrogen-bond acceptors (Lipinski definition) is 3. The molecule has 5 heteroatoms. The van der Waals surface area contributed by atoms with Crippen molar-refractivity contribution in [2.45, 2.75) is 38.0 Å². The molecule has 0 atom stereocenters. The number of rotatable bonds is 6. The maximum atomic E-state index is 13.1. The number of piperidine rings is 1. The Bertz CT molecular complexity index is 814. The second-order valence-corrected chi connectivity index (χ2v) is 7.74. The van der Waals surface area contributed by atoms with E-state index in [1.54, 1.807) is 12.1 Å². The fourth-order valence-corrected chi connectivity index (χ4v) is 4.14. The maximum Gasteiger partial charge on any atom is 0.224 e. The van der Waals surface area contributed by atoms with E-state index in [0.29, 0.717) is 18.9 Å². The zero-order valence-electron chi connectivity index (χ0n) is 16.1. The lowest BCUT2D eigenvalue weighted by Gasteiger charge is -2.32. The number of aryl methyl sites for hydroxylation is 1. The van der Waals surface area contributed by atoms with E-state index in [4.69, 9.17) is 4.74 Å². The quantitative estimate of drug-likeness (QED) is 0.755. The van der Waals surface area contributed by atoms with Crippen LogP contribution in [0.5, 0.6) is 5.75 Å². The second-order valence-electron chi connectivity index (χ2n) is 7.74. The standard InChI is InChI=1S/C23H27FN2O2/c24-20-6-2-17(3-7-20)18-10-13-26(14-11-18)12-1-15-28-21-8-4-19-5-9-23(27)25-22(19)16-21/h2-4,6-8,16,18H,1,5,9-15H2,(H,25,27). The van der Waals surface area contributed by atoms with E-state index in [9.17, 15) is 9.18 Å². The largest absolute Gasteiger partial charge is 0.493 e. The van der Waals surface area contributed by atoms with Crippen molar-refractivity contribution < 1.29 is 13.9 Å². The number of fused-ring (bicyclic) bond motifs is 1. The summed E-state index contributed by atoms with van der Waals surface area (Å²) in [6.07, 6.45) is 4.58. The first-order valence-corrected chi connectivity index (χ1v) is 10.2. The van der Waals surface area contributed by atoms with E-state index in [1.165, 1.54) is 11.1 Å². The second kappa shape index (κ2) is 8.74. The lowest BCUT2D eigenvalue weighted by molar-refractivity contribution is -0.116. The molecule has 0 unspecified atom stereocenters. The van der Waals surface area contributed by atoms with Gasteiger partial charge in [-0.1, -0.05) is 18.2 Å². The highest BCUT2D eigenvalue weighted by Gasteiger charge is 2.20. The Morgan fingerprint density at radius 1 is 1.07 bits per heavy atom. The van der Waals surface area contributed by atoms with Gasteiger partial charge in [-0.3, -0.25) is 4.79 Å². The van der Waals surface area contributed by atoms with Crippen LogP contribution in [0.4, 0.5) is 10.1 Å². The third-order valence-corrected chi connectivity index (χ3v) is 5.79. The van der Waals surface area contributed by atoms with Crippen molar-refractivity contribution in [2.75, 3.05) is 31.6 Å². The monoisotopic (exact) mass is 382 g/mol. The van der Waals surface area contributed by atoms with Gasteiger partial charge in [-0.05, 0) is 74.0 Å². The number of likely N-dealkylation sites (tertiary alicyclic amines) is 1. The number of carbonyl (C=O) groups is 1. The van der Waals surface area contributed by atoms with E-state index >= 15 is 0 Å². The van der Waals surface area contributed by atoms with Gasteiger partial charge in [0.1, 0.15) is 11.6 Å². The van der Waals surface area contributed by atoms with Gasteiger partial charge in [0, 0.05) is 24.7 Å². The fourth-order valence-electron chi connectivity index (χ4n) is 4.14. The van der Waals surface area contributed by atoms with Crippen LogP contribution < -0.4 is 10.1 Å². The molecule has 0 radical (unpaired) electrons. The summed E-state index contributed by atoms with van der Waals surface area (Å²) in [5.41, 5.74) is 3.32. The highest BCUT2D eigenvalue weighted by Crippen LogP contribution is 2.29. The molecule has 0 aromatic heterocycles. The summed E-state index contributed by atoms with van der Waals surface area (Å²) in [5, 5.41) is 2.92. The number of carbonyl (C=O) groups excluding carboxylic acids is 1. The molecule has 0 spiro atoms. The predicted molar refractivity (Wildman–Crippen MR) is 108 cm³/mol. The molecule has 0 aliphatic carbocycles. The zero-order chi connectivity index (χ0) is 19.3. The number of nitrogens with one attached hydrogen (secondary N) is 1. The minimum absolute atomic E-state index is 0.0775. The summed E-state index contributed by atoms with van der Waals surface area (Å²) in [4.78, 5) is 14.0. The molecule has 2 aliphatic heterocycles. The topological polar surface area (TPSA) is 41.6 Å². The summed E-state index contributed by atoms with van der Waals surface area (Å²) in [6.45, 7) is 3.85. The van der Waals surface area contributed by atoms with Crippen LogP contribution in [0.15, 0.2) is 42.5 Å². The highest BCUT2D eigenvalue weighted by atomic mass is 19.1. The molecule has 1 amide bonds. The number of nitrogens with zero attached hydrogens (tertiary/aromatic N) is 1. The van der Waals surface area contributed by atoms with Crippen LogP contribution in [0.1, 0.15) is 42.7 Å². The Morgan fingerprint density at radius 3 is 2.64 bits per heavy atom. The molecular formula is C23H27FN2O2. The molecule has 2 aliphatic rings. The molecule has 1 N–H and O–H groups in total. The van der Waals surface area contributed by atoms with Gasteiger partial charge in [0.25, 0.3) is 0 Å². The SMILES string of the molecule is O=C1CCc2ccc(OCCCN3CCC(c4ccc(F)cc4)CC3)cc2N1. The summed E-state index contributed by atoms with van der Waals surface area (Å²) < 4.78 is 19.0. The molecule has 0 bridgehead atoms. The molecule has 4 nitrogen and oxygen atoms in total. The van der Waals surface area contributed by atoms with Crippen LogP contribution in [0.2, 0.25) is 0 Å². The van der Waals surface area contributed by atoms with Gasteiger partial charge in [0.15, 0.2) is 0 Å². The molecule has 1 saturated heterocycles. The maximum absolute atomic E-state index is 13.1. The molecule has 2 aromatic carbocycles. The van der Waals surface area contributed by atoms with Crippen molar-refractivity contribution in [3.8, 4) is 5.75 Å². The van der Waals surface area contributed by atoms with E-state index in [0.717, 1.165) is 56.8 Å². The zero-order valence-corrected chi connectivity index (χ0v) is 16.1. The lowest BCUT2D eigenvalue weighted by Crippen LogP contribution is -2.34. The number of anilines is 1. The van der Waals surface area contributed by atoms with Crippen molar-refractivity contribution in [3.05, 3.63) is 59.4 Å². The van der Waals surface area contributed by atoms with E-state index in [-0.39, 0.29) is 11.7 Å². The molecule has 148 valence electrons. The Hall–Kier alpha value is -2.40. The van der Waals surface area contributed by atoms with Crippen molar-refractivity contribution in [1.82, 2.24) is 4.90 Å². The first-order valence-electron chi connectivity index (χ1n) is 10.2. The Balaban J connectivity index is 1.18. The Morgan fingerprint density at radius 2 is 1.86 bits per heavy atom. The smallest absolute Gasteiger partial charge is 0.224 e. The van der Waals surface area contributed by atoms with Crippen LogP contribution in [0.25, 0.3) is 0 Å². The van der Waals surface area contributed by atoms with Crippen LogP contribution in [0.3, 0.4) is 0 Å². The average molecular weight is 382 g/mol. The van der Waals surface area contributed by atoms with Crippen LogP contribution in [-0.2, 0) is 11.2 Å². The summed E-state index contributed by atoms with van der Waals surface area (Å²) >= 11 is 0. The molecule has 0 saturated carbocycles. The number of benzene rings is 2. The minimum Gasteiger partial charge on any atom is -0.493 e. The third kappa shape index (κ3) is 4.71. The molecule has 2 heterocycles. The predicted octanol–water partition coefficient (Wildman–Crippen LogP) is 4.36. The normalized spacial score (nSPS) is 17.8. The van der Waals surface area contributed by atoms with Crippen molar-refractivity contribution in [1.29, 1.82) is 0 Å². The number of halogens is 1. The van der Waals surface area contributed by atoms with E-state index in [2.05, 4.69) is 10.2 Å². The lowest BCUT2D eigenvalue weighted by atomic mass is 9.89. The number of ether oxygens (including phenoxy) is 1. The molecule has 2 aromatic rings. The van der Waals surface area contributed by atoms with E-state index < -0.39 is 0 Å². The van der Waals surface area contributed by atoms with Gasteiger partial charge in [-0.25, -0.2) is 4.39 Å². The number of hydrogen-bond donors (Lipinski definition) is 1. The Kier molecular flexibility index (Phi) is 5.91. The molecule has 28 heavy (non-hydrogen) atoms. The summed E-state index contributed by atoms with van der Waals surface area (Å²) in [6, 6.07) is 12.9. The first-order chi connectivity index (χ1) is 13.7. The summed E-state index contributed by atoms with van der Waals surface area (Å²) in [7, 11) is 0. The first kappa shape index (κ1) is 18.9.